The van der Waals surface area contributed by atoms with Gasteiger partial charge in [-0.15, -0.1) is 11.3 Å². The minimum absolute atomic E-state index is 0.272. The number of aromatic nitrogens is 3. The number of amides is 2. The van der Waals surface area contributed by atoms with Crippen LogP contribution in [0.25, 0.3) is 21.1 Å². The normalized spacial score (nSPS) is 11.0. The van der Waals surface area contributed by atoms with Crippen LogP contribution in [0.2, 0.25) is 0 Å². The molecule has 0 aliphatic rings. The second-order valence-corrected chi connectivity index (χ2v) is 8.36. The lowest BCUT2D eigenvalue weighted by Crippen LogP contribution is -2.19. The number of fused-ring (bicyclic) bond motifs is 2. The fraction of sp³-hybridized carbons (Fsp3) is 0.0833. The molecule has 3 N–H and O–H groups in total. The van der Waals surface area contributed by atoms with Crippen LogP contribution in [-0.2, 0) is 7.05 Å². The predicted molar refractivity (Wildman–Crippen MR) is 131 cm³/mol. The summed E-state index contributed by atoms with van der Waals surface area (Å²) in [6, 6.07) is 13.2. The molecule has 0 saturated carbocycles. The number of aryl methyl sites for hydroxylation is 1. The Labute approximate surface area is 193 Å². The van der Waals surface area contributed by atoms with E-state index in [0.717, 1.165) is 26.8 Å². The fourth-order valence-electron chi connectivity index (χ4n) is 3.67. The van der Waals surface area contributed by atoms with Crippen molar-refractivity contribution in [1.29, 1.82) is 0 Å². The molecule has 0 spiro atoms. The average Bonchev–Trinajstić information content (AvgIpc) is 3.44. The molecule has 0 radical (unpaired) electrons. The van der Waals surface area contributed by atoms with Gasteiger partial charge in [0.15, 0.2) is 5.82 Å². The van der Waals surface area contributed by atoms with E-state index in [4.69, 9.17) is 0 Å². The van der Waals surface area contributed by atoms with Crippen LogP contribution >= 0.6 is 11.3 Å². The Morgan fingerprint density at radius 1 is 1.00 bits per heavy atom. The van der Waals surface area contributed by atoms with Crippen LogP contribution in [-0.4, -0.2) is 33.4 Å². The maximum Gasteiger partial charge on any atom is 0.257 e. The molecular formula is C24H20N6O2S. The first kappa shape index (κ1) is 20.7. The van der Waals surface area contributed by atoms with E-state index in [0.29, 0.717) is 22.6 Å². The van der Waals surface area contributed by atoms with Crippen LogP contribution in [0.5, 0.6) is 0 Å². The van der Waals surface area contributed by atoms with E-state index in [9.17, 15) is 9.59 Å². The second kappa shape index (κ2) is 8.36. The van der Waals surface area contributed by atoms with E-state index in [1.165, 1.54) is 17.5 Å². The molecular weight excluding hydrogens is 436 g/mol. The van der Waals surface area contributed by atoms with E-state index in [1.807, 2.05) is 59.6 Å². The van der Waals surface area contributed by atoms with Gasteiger partial charge in [-0.1, -0.05) is 18.2 Å². The highest BCUT2D eigenvalue weighted by Crippen LogP contribution is 2.31. The SMILES string of the molecule is CNC(=O)c1cnc(Nc2ccnc3c2ccn3C)c(NC(=O)c2csc3ccccc23)c1. The zero-order chi connectivity index (χ0) is 22.9. The molecule has 5 aromatic rings. The summed E-state index contributed by atoms with van der Waals surface area (Å²) in [4.78, 5) is 34.2. The van der Waals surface area contributed by atoms with Gasteiger partial charge in [0.1, 0.15) is 5.65 Å². The molecule has 2 amide bonds. The van der Waals surface area contributed by atoms with E-state index in [-0.39, 0.29) is 11.8 Å². The minimum atomic E-state index is -0.292. The van der Waals surface area contributed by atoms with Crippen LogP contribution in [0.15, 0.2) is 66.4 Å². The Balaban J connectivity index is 1.54. The lowest BCUT2D eigenvalue weighted by atomic mass is 10.1. The van der Waals surface area contributed by atoms with Crippen molar-refractivity contribution < 1.29 is 9.59 Å². The Morgan fingerprint density at radius 3 is 2.70 bits per heavy atom. The van der Waals surface area contributed by atoms with Crippen molar-refractivity contribution in [3.05, 3.63) is 77.6 Å². The third kappa shape index (κ3) is 3.79. The zero-order valence-corrected chi connectivity index (χ0v) is 18.7. The molecule has 5 rings (SSSR count). The molecule has 0 atom stereocenters. The third-order valence-electron chi connectivity index (χ3n) is 5.37. The largest absolute Gasteiger partial charge is 0.355 e. The number of hydrogen-bond donors (Lipinski definition) is 3. The van der Waals surface area contributed by atoms with Crippen molar-refractivity contribution in [3.63, 3.8) is 0 Å². The molecule has 33 heavy (non-hydrogen) atoms. The van der Waals surface area contributed by atoms with E-state index >= 15 is 0 Å². The maximum absolute atomic E-state index is 13.2. The highest BCUT2D eigenvalue weighted by molar-refractivity contribution is 7.17. The lowest BCUT2D eigenvalue weighted by molar-refractivity contribution is 0.0961. The van der Waals surface area contributed by atoms with E-state index in [1.54, 1.807) is 19.3 Å². The monoisotopic (exact) mass is 456 g/mol. The van der Waals surface area contributed by atoms with Crippen LogP contribution < -0.4 is 16.0 Å². The van der Waals surface area contributed by atoms with Gasteiger partial charge in [-0.05, 0) is 24.3 Å². The molecule has 0 bridgehead atoms. The molecule has 9 heteroatoms. The van der Waals surface area contributed by atoms with Crippen LogP contribution in [0.1, 0.15) is 20.7 Å². The summed E-state index contributed by atoms with van der Waals surface area (Å²) in [5.74, 6) is -0.141. The van der Waals surface area contributed by atoms with Gasteiger partial charge in [-0.25, -0.2) is 9.97 Å². The summed E-state index contributed by atoms with van der Waals surface area (Å²) in [5.41, 5.74) is 2.92. The van der Waals surface area contributed by atoms with Crippen molar-refractivity contribution in [2.45, 2.75) is 0 Å². The zero-order valence-electron chi connectivity index (χ0n) is 17.9. The molecule has 8 nitrogen and oxygen atoms in total. The third-order valence-corrected chi connectivity index (χ3v) is 6.34. The van der Waals surface area contributed by atoms with Crippen molar-refractivity contribution in [1.82, 2.24) is 19.9 Å². The molecule has 4 heterocycles. The van der Waals surface area contributed by atoms with Crippen molar-refractivity contribution >= 4 is 61.5 Å². The summed E-state index contributed by atoms with van der Waals surface area (Å²) < 4.78 is 2.95. The topological polar surface area (TPSA) is 101 Å². The standard InChI is InChI=1S/C24H20N6O2S/c1-25-23(31)14-11-19(29-24(32)17-13-33-20-6-4-3-5-15(17)20)21(27-12-14)28-18-7-9-26-22-16(18)8-10-30(22)2/h3-13H,1-2H3,(H,25,31)(H,29,32)(H,26,27,28). The van der Waals surface area contributed by atoms with Crippen molar-refractivity contribution in [2.75, 3.05) is 17.7 Å². The van der Waals surface area contributed by atoms with Gasteiger partial charge >= 0.3 is 0 Å². The summed E-state index contributed by atoms with van der Waals surface area (Å²) in [6.45, 7) is 0. The Bertz CT molecular complexity index is 1520. The molecule has 0 aliphatic heterocycles. The van der Waals surface area contributed by atoms with Crippen molar-refractivity contribution in [3.8, 4) is 0 Å². The Morgan fingerprint density at radius 2 is 1.85 bits per heavy atom. The van der Waals surface area contributed by atoms with Gasteiger partial charge in [0, 0.05) is 53.5 Å². The molecule has 1 aromatic carbocycles. The molecule has 0 unspecified atom stereocenters. The van der Waals surface area contributed by atoms with Crippen LogP contribution in [0.4, 0.5) is 17.2 Å². The van der Waals surface area contributed by atoms with E-state index < -0.39 is 0 Å². The first-order valence-electron chi connectivity index (χ1n) is 10.2. The summed E-state index contributed by atoms with van der Waals surface area (Å²) in [7, 11) is 3.47. The number of pyridine rings is 2. The predicted octanol–water partition coefficient (Wildman–Crippen LogP) is 4.54. The summed E-state index contributed by atoms with van der Waals surface area (Å²) in [6.07, 6.45) is 5.11. The van der Waals surface area contributed by atoms with Gasteiger partial charge in [0.05, 0.1) is 22.5 Å². The first-order chi connectivity index (χ1) is 16.0. The lowest BCUT2D eigenvalue weighted by Gasteiger charge is -2.14. The number of anilines is 3. The number of carbonyl (C=O) groups is 2. The minimum Gasteiger partial charge on any atom is -0.355 e. The number of hydrogen-bond acceptors (Lipinski definition) is 6. The van der Waals surface area contributed by atoms with Gasteiger partial charge in [-0.3, -0.25) is 9.59 Å². The molecule has 4 aromatic heterocycles. The fourth-order valence-corrected chi connectivity index (χ4v) is 4.61. The smallest absolute Gasteiger partial charge is 0.257 e. The Hall–Kier alpha value is -4.24. The Kier molecular flexibility index (Phi) is 5.23. The number of benzene rings is 1. The number of thiophene rings is 1. The quantitative estimate of drug-likeness (QED) is 0.361. The first-order valence-corrected chi connectivity index (χ1v) is 11.1. The highest BCUT2D eigenvalue weighted by Gasteiger charge is 2.17. The van der Waals surface area contributed by atoms with Crippen LogP contribution in [0.3, 0.4) is 0 Å². The number of rotatable bonds is 5. The van der Waals surface area contributed by atoms with Gasteiger partial charge < -0.3 is 20.5 Å². The van der Waals surface area contributed by atoms with Gasteiger partial charge in [0.2, 0.25) is 0 Å². The molecule has 0 fully saturated rings. The highest BCUT2D eigenvalue weighted by atomic mass is 32.1. The molecule has 164 valence electrons. The summed E-state index contributed by atoms with van der Waals surface area (Å²) >= 11 is 1.51. The second-order valence-electron chi connectivity index (χ2n) is 7.45. The average molecular weight is 457 g/mol. The molecule has 0 aliphatic carbocycles. The molecule has 0 saturated heterocycles. The van der Waals surface area contributed by atoms with Gasteiger partial charge in [0.25, 0.3) is 11.8 Å². The number of carbonyl (C=O) groups excluding carboxylic acids is 2. The summed E-state index contributed by atoms with van der Waals surface area (Å²) in [5, 5.41) is 12.4. The van der Waals surface area contributed by atoms with Crippen molar-refractivity contribution in [2.24, 2.45) is 7.05 Å². The van der Waals surface area contributed by atoms with Gasteiger partial charge in [-0.2, -0.15) is 0 Å². The number of nitrogens with one attached hydrogen (secondary N) is 3. The maximum atomic E-state index is 13.2. The van der Waals surface area contributed by atoms with E-state index in [2.05, 4.69) is 25.9 Å². The van der Waals surface area contributed by atoms with Crippen LogP contribution in [0, 0.1) is 0 Å². The number of nitrogens with zero attached hydrogens (tertiary/aromatic N) is 3.